The van der Waals surface area contributed by atoms with Crippen LogP contribution in [0.4, 0.5) is 5.69 Å². The molecule has 4 nitrogen and oxygen atoms in total. The predicted molar refractivity (Wildman–Crippen MR) is 73.8 cm³/mol. The largest absolute Gasteiger partial charge is 0.378 e. The van der Waals surface area contributed by atoms with Crippen LogP contribution in [0.1, 0.15) is 19.4 Å². The molecule has 96 valence electrons. The van der Waals surface area contributed by atoms with Gasteiger partial charge in [-0.05, 0) is 30.7 Å². The van der Waals surface area contributed by atoms with Gasteiger partial charge in [-0.2, -0.15) is 0 Å². The van der Waals surface area contributed by atoms with Crippen molar-refractivity contribution in [3.63, 3.8) is 0 Å². The van der Waals surface area contributed by atoms with Crippen molar-refractivity contribution in [2.24, 2.45) is 0 Å². The molecule has 2 aromatic carbocycles. The Morgan fingerprint density at radius 2 is 1.79 bits per heavy atom. The topological polar surface area (TPSA) is 63.4 Å². The van der Waals surface area contributed by atoms with Crippen molar-refractivity contribution in [3.8, 4) is 11.8 Å². The van der Waals surface area contributed by atoms with Crippen molar-refractivity contribution in [2.75, 3.05) is 0 Å². The molecule has 0 atom stereocenters. The third kappa shape index (κ3) is 3.09. The molecule has 0 aliphatic carbocycles. The van der Waals surface area contributed by atoms with Crippen LogP contribution in [0.15, 0.2) is 36.4 Å². The van der Waals surface area contributed by atoms with E-state index in [1.54, 1.807) is 6.07 Å². The van der Waals surface area contributed by atoms with Gasteiger partial charge in [0, 0.05) is 6.07 Å². The molecule has 0 saturated heterocycles. The van der Waals surface area contributed by atoms with Gasteiger partial charge in [-0.15, -0.1) is 0 Å². The van der Waals surface area contributed by atoms with E-state index < -0.39 is 10.5 Å². The van der Waals surface area contributed by atoms with Gasteiger partial charge >= 0.3 is 0 Å². The fraction of sp³-hybridized carbons (Fsp3) is 0.200. The summed E-state index contributed by atoms with van der Waals surface area (Å²) in [5.41, 5.74) is -0.916. The zero-order valence-corrected chi connectivity index (χ0v) is 10.7. The van der Waals surface area contributed by atoms with Crippen LogP contribution in [-0.2, 0) is 0 Å². The lowest BCUT2D eigenvalue weighted by Gasteiger charge is -2.06. The van der Waals surface area contributed by atoms with Crippen LogP contribution in [0.3, 0.4) is 0 Å². The van der Waals surface area contributed by atoms with E-state index in [2.05, 4.69) is 11.8 Å². The third-order valence-corrected chi connectivity index (χ3v) is 2.56. The minimum absolute atomic E-state index is 0.0459. The molecule has 0 amide bonds. The Morgan fingerprint density at radius 1 is 1.21 bits per heavy atom. The molecule has 4 heteroatoms. The molecule has 0 aromatic heterocycles. The summed E-state index contributed by atoms with van der Waals surface area (Å²) in [5.74, 6) is 5.28. The predicted octanol–water partition coefficient (Wildman–Crippen LogP) is 2.87. The number of nitro benzene ring substituents is 1. The zero-order valence-electron chi connectivity index (χ0n) is 10.7. The summed E-state index contributed by atoms with van der Waals surface area (Å²) in [6.07, 6.45) is 0. The molecule has 0 unspecified atom stereocenters. The lowest BCUT2D eigenvalue weighted by molar-refractivity contribution is -0.385. The van der Waals surface area contributed by atoms with Gasteiger partial charge in [0.05, 0.1) is 4.92 Å². The Kier molecular flexibility index (Phi) is 3.24. The van der Waals surface area contributed by atoms with E-state index in [-0.39, 0.29) is 5.69 Å². The maximum absolute atomic E-state index is 11.1. The second-order valence-corrected chi connectivity index (χ2v) is 4.78. The van der Waals surface area contributed by atoms with E-state index in [4.69, 9.17) is 0 Å². The highest BCUT2D eigenvalue weighted by molar-refractivity contribution is 5.87. The van der Waals surface area contributed by atoms with Gasteiger partial charge in [-0.3, -0.25) is 10.1 Å². The second kappa shape index (κ2) is 4.71. The molecule has 0 heterocycles. The summed E-state index contributed by atoms with van der Waals surface area (Å²) in [6, 6.07) is 10.6. The number of aliphatic hydroxyl groups is 1. The lowest BCUT2D eigenvalue weighted by atomic mass is 10.0. The highest BCUT2D eigenvalue weighted by Crippen LogP contribution is 2.25. The minimum Gasteiger partial charge on any atom is -0.378 e. The zero-order chi connectivity index (χ0) is 14.0. The quantitative estimate of drug-likeness (QED) is 0.484. The average molecular weight is 255 g/mol. The maximum atomic E-state index is 11.1. The number of benzene rings is 2. The fourth-order valence-corrected chi connectivity index (χ4v) is 1.70. The van der Waals surface area contributed by atoms with Crippen LogP contribution < -0.4 is 0 Å². The third-order valence-electron chi connectivity index (χ3n) is 2.56. The van der Waals surface area contributed by atoms with Gasteiger partial charge in [-0.25, -0.2) is 0 Å². The summed E-state index contributed by atoms with van der Waals surface area (Å²) in [5, 5.41) is 22.3. The highest BCUT2D eigenvalue weighted by atomic mass is 16.6. The summed E-state index contributed by atoms with van der Waals surface area (Å²) < 4.78 is 0. The van der Waals surface area contributed by atoms with E-state index in [9.17, 15) is 15.2 Å². The van der Waals surface area contributed by atoms with E-state index in [1.807, 2.05) is 24.3 Å². The Hall–Kier alpha value is -2.38. The van der Waals surface area contributed by atoms with Gasteiger partial charge in [0.25, 0.3) is 5.69 Å². The highest BCUT2D eigenvalue weighted by Gasteiger charge is 2.14. The van der Waals surface area contributed by atoms with Crippen LogP contribution in [0, 0.1) is 22.0 Å². The van der Waals surface area contributed by atoms with Crippen molar-refractivity contribution >= 4 is 16.5 Å². The normalized spacial score (nSPS) is 10.9. The van der Waals surface area contributed by atoms with Crippen molar-refractivity contribution in [2.45, 2.75) is 19.4 Å². The molecule has 0 fully saturated rings. The maximum Gasteiger partial charge on any atom is 0.285 e. The molecule has 0 aliphatic rings. The fourth-order valence-electron chi connectivity index (χ4n) is 1.70. The second-order valence-electron chi connectivity index (χ2n) is 4.78. The first-order chi connectivity index (χ1) is 8.87. The molecule has 0 saturated carbocycles. The molecule has 0 aliphatic heterocycles. The van der Waals surface area contributed by atoms with Gasteiger partial charge < -0.3 is 5.11 Å². The Bertz CT molecular complexity index is 703. The van der Waals surface area contributed by atoms with Crippen molar-refractivity contribution in [1.82, 2.24) is 0 Å². The first kappa shape index (κ1) is 13.1. The van der Waals surface area contributed by atoms with Gasteiger partial charge in [-0.1, -0.05) is 36.1 Å². The number of hydrogen-bond donors (Lipinski definition) is 1. The number of rotatable bonds is 1. The number of nitrogens with zero attached hydrogens (tertiary/aromatic N) is 1. The summed E-state index contributed by atoms with van der Waals surface area (Å²) in [6.45, 7) is 3.07. The molecular formula is C15H13NO3. The van der Waals surface area contributed by atoms with Crippen LogP contribution in [0.25, 0.3) is 10.8 Å². The van der Waals surface area contributed by atoms with Gasteiger partial charge in [0.2, 0.25) is 0 Å². The Balaban J connectivity index is 2.66. The molecule has 19 heavy (non-hydrogen) atoms. The SMILES string of the molecule is CC(C)(O)C#Cc1cc2ccccc2cc1[N+](=O)[O-]. The average Bonchev–Trinajstić information content (AvgIpc) is 2.34. The van der Waals surface area contributed by atoms with E-state index >= 15 is 0 Å². The van der Waals surface area contributed by atoms with Crippen LogP contribution in [0.5, 0.6) is 0 Å². The molecule has 0 spiro atoms. The lowest BCUT2D eigenvalue weighted by Crippen LogP contribution is -2.14. The minimum atomic E-state index is -1.18. The first-order valence-electron chi connectivity index (χ1n) is 5.79. The van der Waals surface area contributed by atoms with E-state index in [0.29, 0.717) is 5.56 Å². The molecule has 2 aromatic rings. The summed E-state index contributed by atoms with van der Waals surface area (Å²) in [7, 11) is 0. The number of fused-ring (bicyclic) bond motifs is 1. The van der Waals surface area contributed by atoms with Gasteiger partial charge in [0.15, 0.2) is 0 Å². The molecule has 2 rings (SSSR count). The Morgan fingerprint density at radius 3 is 2.32 bits per heavy atom. The number of nitro groups is 1. The van der Waals surface area contributed by atoms with Crippen LogP contribution in [0.2, 0.25) is 0 Å². The molecule has 0 radical (unpaired) electrons. The standard InChI is InChI=1S/C15H13NO3/c1-15(2,17)8-7-13-9-11-5-3-4-6-12(11)10-14(13)16(18)19/h3-6,9-10,17H,1-2H3. The van der Waals surface area contributed by atoms with Gasteiger partial charge in [0.1, 0.15) is 11.2 Å². The van der Waals surface area contributed by atoms with E-state index in [0.717, 1.165) is 10.8 Å². The van der Waals surface area contributed by atoms with Crippen molar-refractivity contribution in [3.05, 3.63) is 52.1 Å². The Labute approximate surface area is 110 Å². The summed E-state index contributed by atoms with van der Waals surface area (Å²) >= 11 is 0. The van der Waals surface area contributed by atoms with Crippen LogP contribution in [-0.4, -0.2) is 15.6 Å². The van der Waals surface area contributed by atoms with Crippen molar-refractivity contribution < 1.29 is 10.0 Å². The van der Waals surface area contributed by atoms with Crippen LogP contribution >= 0.6 is 0 Å². The molecule has 1 N–H and O–H groups in total. The number of hydrogen-bond acceptors (Lipinski definition) is 3. The smallest absolute Gasteiger partial charge is 0.285 e. The molecule has 0 bridgehead atoms. The summed E-state index contributed by atoms with van der Waals surface area (Å²) in [4.78, 5) is 10.6. The van der Waals surface area contributed by atoms with E-state index in [1.165, 1.54) is 19.9 Å². The van der Waals surface area contributed by atoms with Crippen molar-refractivity contribution in [1.29, 1.82) is 0 Å². The first-order valence-corrected chi connectivity index (χ1v) is 5.79. The molecular weight excluding hydrogens is 242 g/mol. The monoisotopic (exact) mass is 255 g/mol.